The van der Waals surface area contributed by atoms with Crippen LogP contribution in [0, 0.1) is 0 Å². The Morgan fingerprint density at radius 2 is 2.00 bits per heavy atom. The van der Waals surface area contributed by atoms with Gasteiger partial charge in [0.1, 0.15) is 16.9 Å². The van der Waals surface area contributed by atoms with Crippen molar-refractivity contribution in [3.63, 3.8) is 0 Å². The molecule has 1 aromatic heterocycles. The molecule has 1 unspecified atom stereocenters. The molecular formula is C20H23N3O4S. The summed E-state index contributed by atoms with van der Waals surface area (Å²) in [5.41, 5.74) is 2.71. The van der Waals surface area contributed by atoms with Crippen molar-refractivity contribution in [2.75, 3.05) is 25.1 Å². The van der Waals surface area contributed by atoms with Gasteiger partial charge < -0.3 is 25.0 Å². The molecule has 2 aliphatic rings. The average molecular weight is 401 g/mol. The molecular weight excluding hydrogens is 378 g/mol. The molecule has 0 fully saturated rings. The number of carbonyl (C=O) groups excluding carboxylic acids is 2. The van der Waals surface area contributed by atoms with Crippen LogP contribution in [0.5, 0.6) is 5.75 Å². The lowest BCUT2D eigenvalue weighted by Gasteiger charge is -2.28. The van der Waals surface area contributed by atoms with E-state index in [1.807, 2.05) is 31.2 Å². The Morgan fingerprint density at radius 3 is 2.71 bits per heavy atom. The number of carbonyl (C=O) groups is 2. The maximum absolute atomic E-state index is 12.8. The molecule has 2 amide bonds. The summed E-state index contributed by atoms with van der Waals surface area (Å²) in [5, 5.41) is 7.33. The third kappa shape index (κ3) is 3.40. The molecule has 2 N–H and O–H groups in total. The summed E-state index contributed by atoms with van der Waals surface area (Å²) in [7, 11) is 0. The molecule has 2 aliphatic heterocycles. The molecule has 148 valence electrons. The third-order valence-corrected chi connectivity index (χ3v) is 6.03. The van der Waals surface area contributed by atoms with E-state index in [2.05, 4.69) is 10.6 Å². The van der Waals surface area contributed by atoms with Gasteiger partial charge in [0.2, 0.25) is 0 Å². The number of rotatable bonds is 4. The first-order valence-corrected chi connectivity index (χ1v) is 10.3. The largest absolute Gasteiger partial charge is 0.494 e. The fraction of sp³-hybridized carbons (Fsp3) is 0.400. The van der Waals surface area contributed by atoms with Gasteiger partial charge in [0.25, 0.3) is 5.91 Å². The second-order valence-electron chi connectivity index (χ2n) is 6.63. The first-order chi connectivity index (χ1) is 13.6. The zero-order chi connectivity index (χ0) is 19.7. The van der Waals surface area contributed by atoms with Gasteiger partial charge in [-0.15, -0.1) is 11.3 Å². The summed E-state index contributed by atoms with van der Waals surface area (Å²) < 4.78 is 10.6. The molecule has 1 aromatic carbocycles. The second-order valence-corrected chi connectivity index (χ2v) is 7.74. The molecule has 4 rings (SSSR count). The minimum absolute atomic E-state index is 0.0743. The van der Waals surface area contributed by atoms with E-state index in [0.29, 0.717) is 38.3 Å². The van der Waals surface area contributed by atoms with E-state index < -0.39 is 0 Å². The van der Waals surface area contributed by atoms with E-state index in [9.17, 15) is 9.59 Å². The van der Waals surface area contributed by atoms with Gasteiger partial charge in [0.05, 0.1) is 25.3 Å². The number of hydrogen-bond acceptors (Lipinski definition) is 6. The number of amides is 2. The first kappa shape index (κ1) is 18.6. The summed E-state index contributed by atoms with van der Waals surface area (Å²) >= 11 is 1.54. The lowest BCUT2D eigenvalue weighted by Crippen LogP contribution is -2.39. The number of nitrogens with zero attached hydrogens (tertiary/aromatic N) is 1. The van der Waals surface area contributed by atoms with E-state index in [4.69, 9.17) is 9.47 Å². The lowest BCUT2D eigenvalue weighted by atomic mass is 10.0. The van der Waals surface area contributed by atoms with Gasteiger partial charge in [0, 0.05) is 11.4 Å². The standard InChI is InChI=1S/C20H23N3O4S/c1-3-26-13-7-5-12(6-8-13)17-21-18(24)16-14-9-10-23(20(25)27-4-2)11-15(14)28-19(16)22-17/h5-8,17,22H,3-4,9-11H2,1-2H3,(H,21,24). The number of ether oxygens (including phenoxy) is 2. The molecule has 7 nitrogen and oxygen atoms in total. The lowest BCUT2D eigenvalue weighted by molar-refractivity contribution is 0.0934. The summed E-state index contributed by atoms with van der Waals surface area (Å²) in [5.74, 6) is 0.731. The Bertz CT molecular complexity index is 894. The van der Waals surface area contributed by atoms with Crippen LogP contribution in [0.4, 0.5) is 9.80 Å². The molecule has 3 heterocycles. The van der Waals surface area contributed by atoms with E-state index in [0.717, 1.165) is 26.8 Å². The van der Waals surface area contributed by atoms with Crippen molar-refractivity contribution in [2.45, 2.75) is 33.0 Å². The van der Waals surface area contributed by atoms with Crippen LogP contribution in [-0.2, 0) is 17.7 Å². The summed E-state index contributed by atoms with van der Waals surface area (Å²) in [6, 6.07) is 7.70. The van der Waals surface area contributed by atoms with Gasteiger partial charge in [-0.3, -0.25) is 4.79 Å². The van der Waals surface area contributed by atoms with Crippen LogP contribution in [0.25, 0.3) is 0 Å². The summed E-state index contributed by atoms with van der Waals surface area (Å²) in [6.45, 7) is 5.76. The van der Waals surface area contributed by atoms with Crippen LogP contribution in [0.3, 0.4) is 0 Å². The first-order valence-electron chi connectivity index (χ1n) is 9.47. The Morgan fingerprint density at radius 1 is 1.21 bits per heavy atom. The smallest absolute Gasteiger partial charge is 0.410 e. The van der Waals surface area contributed by atoms with E-state index >= 15 is 0 Å². The normalized spacial score (nSPS) is 17.9. The van der Waals surface area contributed by atoms with E-state index in [-0.39, 0.29) is 18.2 Å². The molecule has 0 aliphatic carbocycles. The van der Waals surface area contributed by atoms with Gasteiger partial charge in [-0.1, -0.05) is 12.1 Å². The second kappa shape index (κ2) is 7.71. The highest BCUT2D eigenvalue weighted by atomic mass is 32.1. The minimum Gasteiger partial charge on any atom is -0.494 e. The van der Waals surface area contributed by atoms with Crippen molar-refractivity contribution in [3.8, 4) is 5.75 Å². The highest BCUT2D eigenvalue weighted by Gasteiger charge is 2.34. The molecule has 0 spiro atoms. The van der Waals surface area contributed by atoms with E-state index in [1.54, 1.807) is 23.2 Å². The van der Waals surface area contributed by atoms with Crippen molar-refractivity contribution in [3.05, 3.63) is 45.8 Å². The van der Waals surface area contributed by atoms with Crippen LogP contribution in [0.15, 0.2) is 24.3 Å². The number of thiophene rings is 1. The van der Waals surface area contributed by atoms with Crippen LogP contribution in [0.1, 0.15) is 46.4 Å². The summed E-state index contributed by atoms with van der Waals surface area (Å²) in [6.07, 6.45) is 0.0594. The highest BCUT2D eigenvalue weighted by molar-refractivity contribution is 7.16. The van der Waals surface area contributed by atoms with Crippen LogP contribution in [0.2, 0.25) is 0 Å². The van der Waals surface area contributed by atoms with Crippen molar-refractivity contribution in [2.24, 2.45) is 0 Å². The number of nitrogens with one attached hydrogen (secondary N) is 2. The fourth-order valence-corrected chi connectivity index (χ4v) is 4.87. The SMILES string of the molecule is CCOC(=O)N1CCc2c(sc3c2C(=O)NC(c2ccc(OCC)cc2)N3)C1. The van der Waals surface area contributed by atoms with Crippen molar-refractivity contribution < 1.29 is 19.1 Å². The summed E-state index contributed by atoms with van der Waals surface area (Å²) in [4.78, 5) is 27.6. The molecule has 0 radical (unpaired) electrons. The Labute approximate surface area is 167 Å². The molecule has 0 saturated heterocycles. The topological polar surface area (TPSA) is 79.9 Å². The number of fused-ring (bicyclic) bond motifs is 3. The van der Waals surface area contributed by atoms with Gasteiger partial charge in [-0.25, -0.2) is 4.79 Å². The third-order valence-electron chi connectivity index (χ3n) is 4.89. The highest BCUT2D eigenvalue weighted by Crippen LogP contribution is 2.40. The van der Waals surface area contributed by atoms with Crippen LogP contribution in [-0.4, -0.2) is 36.7 Å². The van der Waals surface area contributed by atoms with Gasteiger partial charge in [-0.2, -0.15) is 0 Å². The van der Waals surface area contributed by atoms with Crippen molar-refractivity contribution in [1.29, 1.82) is 0 Å². The van der Waals surface area contributed by atoms with E-state index in [1.165, 1.54) is 0 Å². The Balaban J connectivity index is 1.55. The minimum atomic E-state index is -0.302. The quantitative estimate of drug-likeness (QED) is 0.820. The predicted octanol–water partition coefficient (Wildman–Crippen LogP) is 3.52. The average Bonchev–Trinajstić information content (AvgIpc) is 3.07. The Hall–Kier alpha value is -2.74. The molecule has 0 saturated carbocycles. The van der Waals surface area contributed by atoms with Crippen LogP contribution < -0.4 is 15.4 Å². The van der Waals surface area contributed by atoms with Crippen molar-refractivity contribution >= 4 is 28.3 Å². The fourth-order valence-electron chi connectivity index (χ4n) is 3.58. The maximum atomic E-state index is 12.8. The van der Waals surface area contributed by atoms with Crippen molar-refractivity contribution in [1.82, 2.24) is 10.2 Å². The van der Waals surface area contributed by atoms with Gasteiger partial charge in [-0.05, 0) is 43.5 Å². The van der Waals surface area contributed by atoms with Gasteiger partial charge >= 0.3 is 6.09 Å². The Kier molecular flexibility index (Phi) is 5.13. The molecule has 2 aromatic rings. The molecule has 0 bridgehead atoms. The van der Waals surface area contributed by atoms with Crippen LogP contribution >= 0.6 is 11.3 Å². The molecule has 28 heavy (non-hydrogen) atoms. The van der Waals surface area contributed by atoms with Gasteiger partial charge in [0.15, 0.2) is 0 Å². The predicted molar refractivity (Wildman–Crippen MR) is 107 cm³/mol. The zero-order valence-electron chi connectivity index (χ0n) is 15.9. The zero-order valence-corrected chi connectivity index (χ0v) is 16.7. The number of anilines is 1. The number of hydrogen-bond donors (Lipinski definition) is 2. The number of benzene rings is 1. The monoisotopic (exact) mass is 401 g/mol. The molecule has 8 heteroatoms. The maximum Gasteiger partial charge on any atom is 0.410 e. The molecule has 1 atom stereocenters.